The van der Waals surface area contributed by atoms with Gasteiger partial charge in [-0.1, -0.05) is 18.2 Å². The number of nitrogens with zero attached hydrogens (tertiary/aromatic N) is 1. The van der Waals surface area contributed by atoms with Crippen molar-refractivity contribution in [3.63, 3.8) is 0 Å². The zero-order chi connectivity index (χ0) is 16.8. The second-order valence-electron chi connectivity index (χ2n) is 4.54. The number of carbonyl (C=O) groups is 1. The second kappa shape index (κ2) is 7.09. The number of nitriles is 1. The second-order valence-corrected chi connectivity index (χ2v) is 4.54. The molecule has 0 saturated heterocycles. The summed E-state index contributed by atoms with van der Waals surface area (Å²) in [4.78, 5) is 12.1. The number of hydrogen-bond donors (Lipinski definition) is 2. The molecule has 0 aromatic heterocycles. The number of phenols is 1. The fraction of sp³-hybridized carbons (Fsp3) is 0.0588. The van der Waals surface area contributed by atoms with Gasteiger partial charge < -0.3 is 15.2 Å². The van der Waals surface area contributed by atoms with Gasteiger partial charge in [-0.05, 0) is 35.9 Å². The quantitative estimate of drug-likeness (QED) is 0.671. The van der Waals surface area contributed by atoms with Gasteiger partial charge in [0.15, 0.2) is 11.5 Å². The van der Waals surface area contributed by atoms with Crippen molar-refractivity contribution in [3.05, 3.63) is 59.4 Å². The Bertz CT molecular complexity index is 810. The third-order valence-electron chi connectivity index (χ3n) is 3.00. The van der Waals surface area contributed by atoms with Crippen LogP contribution < -0.4 is 10.1 Å². The average Bonchev–Trinajstić information content (AvgIpc) is 2.54. The first kappa shape index (κ1) is 16.0. The van der Waals surface area contributed by atoms with E-state index in [-0.39, 0.29) is 22.8 Å². The van der Waals surface area contributed by atoms with Crippen LogP contribution in [0.5, 0.6) is 11.5 Å². The lowest BCUT2D eigenvalue weighted by molar-refractivity contribution is -0.112. The van der Waals surface area contributed by atoms with Gasteiger partial charge in [0, 0.05) is 0 Å². The lowest BCUT2D eigenvalue weighted by atomic mass is 10.1. The van der Waals surface area contributed by atoms with E-state index in [0.29, 0.717) is 5.56 Å². The molecule has 1 amide bonds. The third kappa shape index (κ3) is 3.86. The molecular formula is C17H13FN2O3. The van der Waals surface area contributed by atoms with Crippen LogP contribution in [0.3, 0.4) is 0 Å². The maximum atomic E-state index is 13.5. The number of phenolic OH excluding ortho intramolecular Hbond substituents is 1. The van der Waals surface area contributed by atoms with E-state index >= 15 is 0 Å². The van der Waals surface area contributed by atoms with Gasteiger partial charge in [0.05, 0.1) is 12.8 Å². The fourth-order valence-electron chi connectivity index (χ4n) is 1.86. The molecule has 2 N–H and O–H groups in total. The van der Waals surface area contributed by atoms with Crippen molar-refractivity contribution in [1.29, 1.82) is 5.26 Å². The SMILES string of the molecule is COc1ccc(/C=C(\C#N)C(=O)Nc2ccccc2F)cc1O. The number of halogens is 1. The molecule has 0 fully saturated rings. The van der Waals surface area contributed by atoms with E-state index in [0.717, 1.165) is 0 Å². The molecule has 5 nitrogen and oxygen atoms in total. The summed E-state index contributed by atoms with van der Waals surface area (Å²) in [6, 6.07) is 11.8. The summed E-state index contributed by atoms with van der Waals surface area (Å²) in [5.41, 5.74) is 0.192. The molecule has 2 aromatic rings. The monoisotopic (exact) mass is 312 g/mol. The molecule has 0 saturated carbocycles. The molecule has 0 aliphatic heterocycles. The number of rotatable bonds is 4. The standard InChI is InChI=1S/C17H13FN2O3/c1-23-16-7-6-11(9-15(16)21)8-12(10-19)17(22)20-14-5-3-2-4-13(14)18/h2-9,21H,1H3,(H,20,22)/b12-8+. The van der Waals surface area contributed by atoms with Crippen LogP contribution >= 0.6 is 0 Å². The van der Waals surface area contributed by atoms with E-state index in [2.05, 4.69) is 5.32 Å². The van der Waals surface area contributed by atoms with Gasteiger partial charge in [0.25, 0.3) is 5.91 Å². The summed E-state index contributed by atoms with van der Waals surface area (Å²) in [7, 11) is 1.41. The number of amides is 1. The Morgan fingerprint density at radius 3 is 2.70 bits per heavy atom. The zero-order valence-corrected chi connectivity index (χ0v) is 12.2. The van der Waals surface area contributed by atoms with Gasteiger partial charge in [0.1, 0.15) is 17.5 Å². The average molecular weight is 312 g/mol. The predicted octanol–water partition coefficient (Wildman–Crippen LogP) is 3.09. The summed E-state index contributed by atoms with van der Waals surface area (Å²) in [6.07, 6.45) is 1.29. The molecule has 6 heteroatoms. The number of hydrogen-bond acceptors (Lipinski definition) is 4. The van der Waals surface area contributed by atoms with Gasteiger partial charge >= 0.3 is 0 Å². The molecule has 0 spiro atoms. The normalized spacial score (nSPS) is 10.7. The van der Waals surface area contributed by atoms with Crippen molar-refractivity contribution in [2.75, 3.05) is 12.4 Å². The van der Waals surface area contributed by atoms with Crippen LogP contribution in [0.2, 0.25) is 0 Å². The number of aromatic hydroxyl groups is 1. The molecule has 116 valence electrons. The Morgan fingerprint density at radius 1 is 1.35 bits per heavy atom. The Morgan fingerprint density at radius 2 is 2.09 bits per heavy atom. The van der Waals surface area contributed by atoms with Crippen molar-refractivity contribution >= 4 is 17.7 Å². The van der Waals surface area contributed by atoms with E-state index in [9.17, 15) is 14.3 Å². The van der Waals surface area contributed by atoms with E-state index < -0.39 is 11.7 Å². The van der Waals surface area contributed by atoms with Crippen molar-refractivity contribution in [2.45, 2.75) is 0 Å². The van der Waals surface area contributed by atoms with Crippen LogP contribution in [0.25, 0.3) is 6.08 Å². The lowest BCUT2D eigenvalue weighted by Crippen LogP contribution is -2.14. The number of carbonyl (C=O) groups excluding carboxylic acids is 1. The minimum atomic E-state index is -0.743. The lowest BCUT2D eigenvalue weighted by Gasteiger charge is -2.06. The highest BCUT2D eigenvalue weighted by Crippen LogP contribution is 2.27. The number of benzene rings is 2. The number of para-hydroxylation sites is 1. The summed E-state index contributed by atoms with van der Waals surface area (Å²) in [5, 5.41) is 21.1. The molecule has 0 heterocycles. The van der Waals surface area contributed by atoms with Gasteiger partial charge in [-0.25, -0.2) is 4.39 Å². The molecule has 0 aliphatic carbocycles. The minimum Gasteiger partial charge on any atom is -0.504 e. The highest BCUT2D eigenvalue weighted by Gasteiger charge is 2.12. The molecule has 2 aromatic carbocycles. The summed E-state index contributed by atoms with van der Waals surface area (Å²) < 4.78 is 18.4. The highest BCUT2D eigenvalue weighted by atomic mass is 19.1. The van der Waals surface area contributed by atoms with Crippen LogP contribution in [0, 0.1) is 17.1 Å². The number of anilines is 1. The van der Waals surface area contributed by atoms with Crippen molar-refractivity contribution in [3.8, 4) is 17.6 Å². The van der Waals surface area contributed by atoms with Gasteiger partial charge in [-0.2, -0.15) is 5.26 Å². The maximum absolute atomic E-state index is 13.5. The maximum Gasteiger partial charge on any atom is 0.266 e. The highest BCUT2D eigenvalue weighted by molar-refractivity contribution is 6.09. The Labute approximate surface area is 132 Å². The number of ether oxygens (including phenoxy) is 1. The van der Waals surface area contributed by atoms with Crippen LogP contribution in [-0.4, -0.2) is 18.1 Å². The zero-order valence-electron chi connectivity index (χ0n) is 12.2. The van der Waals surface area contributed by atoms with Crippen molar-refractivity contribution in [1.82, 2.24) is 0 Å². The third-order valence-corrected chi connectivity index (χ3v) is 3.00. The molecule has 0 bridgehead atoms. The Kier molecular flexibility index (Phi) is 4.95. The summed E-state index contributed by atoms with van der Waals surface area (Å²) in [6.45, 7) is 0. The van der Waals surface area contributed by atoms with Crippen LogP contribution in [0.15, 0.2) is 48.0 Å². The Hall–Kier alpha value is -3.33. The van der Waals surface area contributed by atoms with E-state index in [1.165, 1.54) is 43.5 Å². The number of methoxy groups -OCH3 is 1. The fourth-order valence-corrected chi connectivity index (χ4v) is 1.86. The molecule has 23 heavy (non-hydrogen) atoms. The molecular weight excluding hydrogens is 299 g/mol. The largest absolute Gasteiger partial charge is 0.504 e. The first-order valence-electron chi connectivity index (χ1n) is 6.60. The van der Waals surface area contributed by atoms with E-state index in [1.807, 2.05) is 0 Å². The molecule has 0 unspecified atom stereocenters. The minimum absolute atomic E-state index is 0.0174. The van der Waals surface area contributed by atoms with Crippen molar-refractivity contribution in [2.24, 2.45) is 0 Å². The Balaban J connectivity index is 2.25. The van der Waals surface area contributed by atoms with Gasteiger partial charge in [-0.3, -0.25) is 4.79 Å². The van der Waals surface area contributed by atoms with Crippen LogP contribution in [-0.2, 0) is 4.79 Å². The number of nitrogens with one attached hydrogen (secondary N) is 1. The van der Waals surface area contributed by atoms with Crippen LogP contribution in [0.4, 0.5) is 10.1 Å². The van der Waals surface area contributed by atoms with E-state index in [4.69, 9.17) is 10.00 Å². The summed E-state index contributed by atoms with van der Waals surface area (Å²) >= 11 is 0. The van der Waals surface area contributed by atoms with Crippen molar-refractivity contribution < 1.29 is 19.0 Å². The predicted molar refractivity (Wildman–Crippen MR) is 83.3 cm³/mol. The molecule has 0 atom stereocenters. The van der Waals surface area contributed by atoms with Gasteiger partial charge in [-0.15, -0.1) is 0 Å². The smallest absolute Gasteiger partial charge is 0.266 e. The first-order chi connectivity index (χ1) is 11.0. The first-order valence-corrected chi connectivity index (χ1v) is 6.60. The van der Waals surface area contributed by atoms with Gasteiger partial charge in [0.2, 0.25) is 0 Å². The topological polar surface area (TPSA) is 82.3 Å². The van der Waals surface area contributed by atoms with Crippen LogP contribution in [0.1, 0.15) is 5.56 Å². The molecule has 0 radical (unpaired) electrons. The molecule has 2 rings (SSSR count). The van der Waals surface area contributed by atoms with E-state index in [1.54, 1.807) is 18.2 Å². The summed E-state index contributed by atoms with van der Waals surface area (Å²) in [5.74, 6) is -1.18. The molecule has 0 aliphatic rings.